The topological polar surface area (TPSA) is 61.7 Å². The Morgan fingerprint density at radius 3 is 2.65 bits per heavy atom. The Hall–Kier alpha value is -1.57. The number of carbonyl (C=O) groups is 1. The molecule has 3 rings (SSSR count). The highest BCUT2D eigenvalue weighted by Crippen LogP contribution is 2.35. The van der Waals surface area contributed by atoms with Crippen molar-refractivity contribution in [1.82, 2.24) is 5.32 Å². The summed E-state index contributed by atoms with van der Waals surface area (Å²) < 4.78 is 1.36. The van der Waals surface area contributed by atoms with Gasteiger partial charge in [0.2, 0.25) is 0 Å². The van der Waals surface area contributed by atoms with E-state index in [0.29, 0.717) is 20.1 Å². The number of carbonyl (C=O) groups excluding carboxylic acids is 1. The number of thioether (sulfide) groups is 1. The van der Waals surface area contributed by atoms with Gasteiger partial charge < -0.3 is 10.4 Å². The maximum Gasteiger partial charge on any atom is 0.264 e. The number of rotatable bonds is 2. The van der Waals surface area contributed by atoms with Crippen LogP contribution in [-0.2, 0) is 4.79 Å². The quantitative estimate of drug-likeness (QED) is 0.641. The van der Waals surface area contributed by atoms with Crippen molar-refractivity contribution < 1.29 is 9.90 Å². The first-order valence-electron chi connectivity index (χ1n) is 6.55. The van der Waals surface area contributed by atoms with Crippen LogP contribution in [0.2, 0.25) is 0 Å². The highest BCUT2D eigenvalue weighted by atomic mass is 79.9. The van der Waals surface area contributed by atoms with Gasteiger partial charge in [0.1, 0.15) is 5.75 Å². The van der Waals surface area contributed by atoms with Crippen molar-refractivity contribution in [3.63, 3.8) is 0 Å². The third-order valence-electron chi connectivity index (χ3n) is 2.98. The number of halogens is 2. The molecule has 1 amide bonds. The molecule has 1 saturated heterocycles. The molecule has 0 aliphatic carbocycles. The zero-order valence-electron chi connectivity index (χ0n) is 11.6. The van der Waals surface area contributed by atoms with Gasteiger partial charge in [-0.1, -0.05) is 34.1 Å². The number of hydrogen-bond acceptors (Lipinski definition) is 4. The minimum absolute atomic E-state index is 0.0857. The standard InChI is InChI=1S/C16H10Br2N2O2S/c17-10-6-9(14(21)12(18)8-10)7-13-15(22)20-16(23-13)19-11-4-2-1-3-5-11/h1-8,21H,(H,19,20,22)/b13-7+. The van der Waals surface area contributed by atoms with Gasteiger partial charge in [-0.3, -0.25) is 4.79 Å². The van der Waals surface area contributed by atoms with Crippen LogP contribution < -0.4 is 5.32 Å². The van der Waals surface area contributed by atoms with Crippen LogP contribution in [-0.4, -0.2) is 16.2 Å². The van der Waals surface area contributed by atoms with Crippen LogP contribution in [0.5, 0.6) is 5.75 Å². The molecule has 0 aromatic heterocycles. The van der Waals surface area contributed by atoms with Crippen LogP contribution in [0.3, 0.4) is 0 Å². The lowest BCUT2D eigenvalue weighted by molar-refractivity contribution is -0.115. The zero-order valence-corrected chi connectivity index (χ0v) is 15.6. The first kappa shape index (κ1) is 16.3. The van der Waals surface area contributed by atoms with Gasteiger partial charge in [-0.25, -0.2) is 4.99 Å². The lowest BCUT2D eigenvalue weighted by Crippen LogP contribution is -2.19. The van der Waals surface area contributed by atoms with Crippen molar-refractivity contribution in [2.45, 2.75) is 0 Å². The summed E-state index contributed by atoms with van der Waals surface area (Å²) in [7, 11) is 0. The van der Waals surface area contributed by atoms with E-state index in [-0.39, 0.29) is 11.7 Å². The summed E-state index contributed by atoms with van der Waals surface area (Å²) in [6.45, 7) is 0. The van der Waals surface area contributed by atoms with Gasteiger partial charge in [0, 0.05) is 10.0 Å². The molecule has 7 heteroatoms. The molecule has 116 valence electrons. The molecule has 1 aliphatic rings. The molecule has 2 N–H and O–H groups in total. The van der Waals surface area contributed by atoms with Crippen molar-refractivity contribution in [1.29, 1.82) is 0 Å². The van der Waals surface area contributed by atoms with Gasteiger partial charge in [-0.2, -0.15) is 0 Å². The average molecular weight is 454 g/mol. The van der Waals surface area contributed by atoms with Crippen LogP contribution in [0.4, 0.5) is 5.69 Å². The second kappa shape index (κ2) is 6.90. The third kappa shape index (κ3) is 3.85. The molecular weight excluding hydrogens is 444 g/mol. The molecule has 1 fully saturated rings. The Bertz CT molecular complexity index is 835. The van der Waals surface area contributed by atoms with Gasteiger partial charge in [0.25, 0.3) is 5.91 Å². The second-order valence-electron chi connectivity index (χ2n) is 4.64. The summed E-state index contributed by atoms with van der Waals surface area (Å²) in [5.41, 5.74) is 1.31. The van der Waals surface area contributed by atoms with E-state index < -0.39 is 0 Å². The van der Waals surface area contributed by atoms with Crippen molar-refractivity contribution >= 4 is 66.5 Å². The number of aliphatic imine (C=N–C) groups is 1. The summed E-state index contributed by atoms with van der Waals surface area (Å²) in [6, 6.07) is 12.9. The Kier molecular flexibility index (Phi) is 4.89. The fraction of sp³-hybridized carbons (Fsp3) is 0. The minimum Gasteiger partial charge on any atom is -0.506 e. The molecule has 0 unspecified atom stereocenters. The highest BCUT2D eigenvalue weighted by molar-refractivity contribution is 9.11. The fourth-order valence-electron chi connectivity index (χ4n) is 1.94. The summed E-state index contributed by atoms with van der Waals surface area (Å²) in [5.74, 6) is -0.150. The van der Waals surface area contributed by atoms with Crippen LogP contribution >= 0.6 is 43.6 Å². The molecular formula is C16H10Br2N2O2S. The summed E-state index contributed by atoms with van der Waals surface area (Å²) >= 11 is 7.88. The van der Waals surface area contributed by atoms with Gasteiger partial charge in [0.15, 0.2) is 5.17 Å². The predicted molar refractivity (Wildman–Crippen MR) is 101 cm³/mol. The van der Waals surface area contributed by atoms with E-state index in [9.17, 15) is 9.90 Å². The number of phenols is 1. The van der Waals surface area contributed by atoms with Crippen LogP contribution in [0.15, 0.2) is 61.3 Å². The van der Waals surface area contributed by atoms with Gasteiger partial charge >= 0.3 is 0 Å². The van der Waals surface area contributed by atoms with Gasteiger partial charge in [-0.15, -0.1) is 0 Å². The molecule has 1 aliphatic heterocycles. The minimum atomic E-state index is -0.236. The summed E-state index contributed by atoms with van der Waals surface area (Å²) in [6.07, 6.45) is 1.64. The fourth-order valence-corrected chi connectivity index (χ4v) is 4.03. The average Bonchev–Trinajstić information content (AvgIpc) is 2.85. The zero-order chi connectivity index (χ0) is 16.4. The van der Waals surface area contributed by atoms with Crippen LogP contribution in [0, 0.1) is 0 Å². The van der Waals surface area contributed by atoms with Crippen LogP contribution in [0.1, 0.15) is 5.56 Å². The molecule has 0 saturated carbocycles. The molecule has 4 nitrogen and oxygen atoms in total. The Morgan fingerprint density at radius 2 is 1.91 bits per heavy atom. The number of phenolic OH excluding ortho intramolecular Hbond substituents is 1. The first-order valence-corrected chi connectivity index (χ1v) is 8.96. The number of benzene rings is 2. The molecule has 2 aromatic carbocycles. The molecule has 23 heavy (non-hydrogen) atoms. The smallest absolute Gasteiger partial charge is 0.264 e. The normalized spacial score (nSPS) is 17.7. The highest BCUT2D eigenvalue weighted by Gasteiger charge is 2.24. The van der Waals surface area contributed by atoms with Gasteiger partial charge in [0.05, 0.1) is 15.1 Å². The van der Waals surface area contributed by atoms with Crippen molar-refractivity contribution in [2.24, 2.45) is 4.99 Å². The molecule has 0 atom stereocenters. The third-order valence-corrected chi connectivity index (χ3v) is 4.95. The van der Waals surface area contributed by atoms with Crippen molar-refractivity contribution in [3.05, 3.63) is 61.9 Å². The number of aromatic hydroxyl groups is 1. The van der Waals surface area contributed by atoms with E-state index in [4.69, 9.17) is 0 Å². The Morgan fingerprint density at radius 1 is 1.17 bits per heavy atom. The summed E-state index contributed by atoms with van der Waals surface area (Å²) in [4.78, 5) is 16.9. The SMILES string of the molecule is O=C1NC(=Nc2ccccc2)S/C1=C/c1cc(Br)cc(Br)c1O. The van der Waals surface area contributed by atoms with Crippen molar-refractivity contribution in [2.75, 3.05) is 0 Å². The largest absolute Gasteiger partial charge is 0.506 e. The van der Waals surface area contributed by atoms with Crippen LogP contribution in [0.25, 0.3) is 6.08 Å². The second-order valence-corrected chi connectivity index (χ2v) is 7.44. The number of hydrogen-bond donors (Lipinski definition) is 2. The van der Waals surface area contributed by atoms with E-state index in [1.165, 1.54) is 11.8 Å². The van der Waals surface area contributed by atoms with E-state index in [1.54, 1.807) is 18.2 Å². The van der Waals surface area contributed by atoms with E-state index in [1.807, 2.05) is 30.3 Å². The molecule has 0 spiro atoms. The van der Waals surface area contributed by atoms with Gasteiger partial charge in [-0.05, 0) is 58.0 Å². The van der Waals surface area contributed by atoms with E-state index in [0.717, 1.165) is 10.2 Å². The number of para-hydroxylation sites is 1. The molecule has 0 bridgehead atoms. The predicted octanol–water partition coefficient (Wildman–Crippen LogP) is 4.81. The first-order chi connectivity index (χ1) is 11.0. The summed E-state index contributed by atoms with van der Waals surface area (Å²) in [5, 5.41) is 13.3. The molecule has 2 aromatic rings. The maximum atomic E-state index is 12.1. The monoisotopic (exact) mass is 452 g/mol. The Balaban J connectivity index is 1.90. The van der Waals surface area contributed by atoms with E-state index >= 15 is 0 Å². The Labute approximate surface area is 154 Å². The number of nitrogens with zero attached hydrogens (tertiary/aromatic N) is 1. The maximum absolute atomic E-state index is 12.1. The number of amidine groups is 1. The number of amides is 1. The lowest BCUT2D eigenvalue weighted by Gasteiger charge is -2.03. The van der Waals surface area contributed by atoms with Crippen molar-refractivity contribution in [3.8, 4) is 5.75 Å². The van der Waals surface area contributed by atoms with E-state index in [2.05, 4.69) is 42.2 Å². The number of nitrogens with one attached hydrogen (secondary N) is 1. The molecule has 1 heterocycles. The lowest BCUT2D eigenvalue weighted by atomic mass is 10.2. The molecule has 0 radical (unpaired) electrons.